The SMILES string of the molecule is CCc1[nH]nc(-c2ccc(C(F)(F)F)cc2)c1NC(=O)Cc1ccccc1. The van der Waals surface area contributed by atoms with Gasteiger partial charge in [-0.25, -0.2) is 0 Å². The number of nitrogens with zero attached hydrogens (tertiary/aromatic N) is 1. The number of anilines is 1. The molecule has 0 fully saturated rings. The lowest BCUT2D eigenvalue weighted by molar-refractivity contribution is -0.137. The number of benzene rings is 2. The van der Waals surface area contributed by atoms with Crippen molar-refractivity contribution >= 4 is 11.6 Å². The van der Waals surface area contributed by atoms with Crippen LogP contribution in [-0.2, 0) is 23.8 Å². The van der Waals surface area contributed by atoms with Gasteiger partial charge in [-0.2, -0.15) is 18.3 Å². The van der Waals surface area contributed by atoms with Crippen molar-refractivity contribution in [2.75, 3.05) is 5.32 Å². The largest absolute Gasteiger partial charge is 0.416 e. The van der Waals surface area contributed by atoms with Crippen LogP contribution in [0.25, 0.3) is 11.3 Å². The molecule has 7 heteroatoms. The number of halogens is 3. The van der Waals surface area contributed by atoms with Gasteiger partial charge in [0.05, 0.1) is 23.4 Å². The lowest BCUT2D eigenvalue weighted by atomic mass is 10.1. The number of nitrogens with one attached hydrogen (secondary N) is 2. The van der Waals surface area contributed by atoms with Gasteiger partial charge >= 0.3 is 6.18 Å². The molecule has 0 saturated heterocycles. The number of H-pyrrole nitrogens is 1. The Balaban J connectivity index is 1.85. The van der Waals surface area contributed by atoms with Crippen LogP contribution >= 0.6 is 0 Å². The van der Waals surface area contributed by atoms with Gasteiger partial charge in [0.2, 0.25) is 5.91 Å². The minimum Gasteiger partial charge on any atom is -0.322 e. The standard InChI is InChI=1S/C20H18F3N3O/c1-2-16-19(24-17(27)12-13-6-4-3-5-7-13)18(26-25-16)14-8-10-15(11-9-14)20(21,22)23/h3-11H,2,12H2,1H3,(H,24,27)(H,25,26). The fraction of sp³-hybridized carbons (Fsp3) is 0.200. The smallest absolute Gasteiger partial charge is 0.322 e. The molecule has 0 aliphatic carbocycles. The van der Waals surface area contributed by atoms with Gasteiger partial charge in [0.1, 0.15) is 5.69 Å². The Morgan fingerprint density at radius 1 is 1.07 bits per heavy atom. The fourth-order valence-electron chi connectivity index (χ4n) is 2.76. The van der Waals surface area contributed by atoms with Crippen LogP contribution in [-0.4, -0.2) is 16.1 Å². The van der Waals surface area contributed by atoms with Gasteiger partial charge in [-0.15, -0.1) is 0 Å². The molecule has 2 aromatic carbocycles. The number of carbonyl (C=O) groups excluding carboxylic acids is 1. The van der Waals surface area contributed by atoms with E-state index in [0.29, 0.717) is 29.1 Å². The Bertz CT molecular complexity index is 916. The topological polar surface area (TPSA) is 57.8 Å². The summed E-state index contributed by atoms with van der Waals surface area (Å²) >= 11 is 0. The maximum atomic E-state index is 12.8. The van der Waals surface area contributed by atoms with E-state index in [9.17, 15) is 18.0 Å². The van der Waals surface area contributed by atoms with Crippen molar-refractivity contribution < 1.29 is 18.0 Å². The third kappa shape index (κ3) is 4.36. The summed E-state index contributed by atoms with van der Waals surface area (Å²) < 4.78 is 38.3. The van der Waals surface area contributed by atoms with Crippen LogP contribution < -0.4 is 5.32 Å². The molecule has 0 unspecified atom stereocenters. The summed E-state index contributed by atoms with van der Waals surface area (Å²) in [5.41, 5.74) is 2.26. The predicted octanol–water partition coefficient (Wildman–Crippen LogP) is 4.84. The number of hydrogen-bond donors (Lipinski definition) is 2. The molecule has 1 amide bonds. The number of alkyl halides is 3. The Morgan fingerprint density at radius 3 is 2.33 bits per heavy atom. The molecule has 1 heterocycles. The number of rotatable bonds is 5. The van der Waals surface area contributed by atoms with Gasteiger partial charge in [-0.3, -0.25) is 9.89 Å². The van der Waals surface area contributed by atoms with Crippen LogP contribution in [0.4, 0.5) is 18.9 Å². The molecule has 140 valence electrons. The van der Waals surface area contributed by atoms with E-state index in [1.165, 1.54) is 12.1 Å². The van der Waals surface area contributed by atoms with Crippen molar-refractivity contribution in [2.45, 2.75) is 25.9 Å². The average Bonchev–Trinajstić information content (AvgIpc) is 3.04. The summed E-state index contributed by atoms with van der Waals surface area (Å²) in [6, 6.07) is 14.0. The Kier molecular flexibility index (Phi) is 5.30. The van der Waals surface area contributed by atoms with E-state index in [-0.39, 0.29) is 12.3 Å². The van der Waals surface area contributed by atoms with Crippen LogP contribution in [0.5, 0.6) is 0 Å². The third-order valence-corrected chi connectivity index (χ3v) is 4.15. The number of hydrogen-bond acceptors (Lipinski definition) is 2. The van der Waals surface area contributed by atoms with Crippen LogP contribution in [0.1, 0.15) is 23.7 Å². The van der Waals surface area contributed by atoms with Gasteiger partial charge in [0.15, 0.2) is 0 Å². The summed E-state index contributed by atoms with van der Waals surface area (Å²) in [5, 5.41) is 9.88. The highest BCUT2D eigenvalue weighted by molar-refractivity contribution is 5.96. The average molecular weight is 373 g/mol. The monoisotopic (exact) mass is 373 g/mol. The molecule has 3 rings (SSSR count). The molecule has 0 atom stereocenters. The second-order valence-electron chi connectivity index (χ2n) is 6.06. The molecule has 0 aliphatic rings. The molecule has 3 aromatic rings. The molecule has 4 nitrogen and oxygen atoms in total. The predicted molar refractivity (Wildman–Crippen MR) is 97.2 cm³/mol. The minimum absolute atomic E-state index is 0.196. The third-order valence-electron chi connectivity index (χ3n) is 4.15. The molecule has 1 aromatic heterocycles. The van der Waals surface area contributed by atoms with Crippen molar-refractivity contribution in [3.8, 4) is 11.3 Å². The quantitative estimate of drug-likeness (QED) is 0.672. The zero-order valence-electron chi connectivity index (χ0n) is 14.6. The zero-order valence-corrected chi connectivity index (χ0v) is 14.6. The summed E-state index contributed by atoms with van der Waals surface area (Å²) in [6.45, 7) is 1.90. The summed E-state index contributed by atoms with van der Waals surface area (Å²) in [5.74, 6) is -0.217. The number of carbonyl (C=O) groups is 1. The number of aromatic nitrogens is 2. The van der Waals surface area contributed by atoms with E-state index in [2.05, 4.69) is 15.5 Å². The molecular weight excluding hydrogens is 355 g/mol. The lowest BCUT2D eigenvalue weighted by Crippen LogP contribution is -2.15. The van der Waals surface area contributed by atoms with Crippen LogP contribution in [0, 0.1) is 0 Å². The van der Waals surface area contributed by atoms with Crippen molar-refractivity contribution in [1.29, 1.82) is 0 Å². The van der Waals surface area contributed by atoms with Crippen LogP contribution in [0.3, 0.4) is 0 Å². The van der Waals surface area contributed by atoms with Crippen molar-refractivity contribution in [1.82, 2.24) is 10.2 Å². The van der Waals surface area contributed by atoms with Crippen molar-refractivity contribution in [3.63, 3.8) is 0 Å². The first kappa shape index (κ1) is 18.7. The van der Waals surface area contributed by atoms with E-state index < -0.39 is 11.7 Å². The molecule has 0 spiro atoms. The Hall–Kier alpha value is -3.09. The first-order valence-corrected chi connectivity index (χ1v) is 8.47. The van der Waals surface area contributed by atoms with Crippen molar-refractivity contribution in [3.05, 3.63) is 71.4 Å². The zero-order chi connectivity index (χ0) is 19.4. The molecule has 0 aliphatic heterocycles. The summed E-state index contributed by atoms with van der Waals surface area (Å²) in [4.78, 5) is 12.4. The second kappa shape index (κ2) is 7.65. The van der Waals surface area contributed by atoms with Crippen LogP contribution in [0.15, 0.2) is 54.6 Å². The van der Waals surface area contributed by atoms with Gasteiger partial charge in [-0.1, -0.05) is 49.4 Å². The van der Waals surface area contributed by atoms with Crippen LogP contribution in [0.2, 0.25) is 0 Å². The summed E-state index contributed by atoms with van der Waals surface area (Å²) in [6.07, 6.45) is -3.61. The maximum Gasteiger partial charge on any atom is 0.416 e. The molecule has 2 N–H and O–H groups in total. The van der Waals surface area contributed by atoms with Gasteiger partial charge < -0.3 is 5.32 Å². The number of aromatic amines is 1. The first-order valence-electron chi connectivity index (χ1n) is 8.47. The molecular formula is C20H18F3N3O. The first-order chi connectivity index (χ1) is 12.9. The number of amides is 1. The normalized spacial score (nSPS) is 11.4. The Labute approximate surface area is 154 Å². The van der Waals surface area contributed by atoms with Gasteiger partial charge in [0.25, 0.3) is 0 Å². The molecule has 0 radical (unpaired) electrons. The maximum absolute atomic E-state index is 12.8. The fourth-order valence-corrected chi connectivity index (χ4v) is 2.76. The lowest BCUT2D eigenvalue weighted by Gasteiger charge is -2.10. The van der Waals surface area contributed by atoms with Crippen molar-refractivity contribution in [2.24, 2.45) is 0 Å². The minimum atomic E-state index is -4.40. The van der Waals surface area contributed by atoms with Gasteiger partial charge in [-0.05, 0) is 24.1 Å². The van der Waals surface area contributed by atoms with E-state index in [1.807, 2.05) is 37.3 Å². The Morgan fingerprint density at radius 2 is 1.74 bits per heavy atom. The highest BCUT2D eigenvalue weighted by atomic mass is 19.4. The van der Waals surface area contributed by atoms with Gasteiger partial charge in [0, 0.05) is 5.56 Å². The highest BCUT2D eigenvalue weighted by Gasteiger charge is 2.30. The molecule has 27 heavy (non-hydrogen) atoms. The van der Waals surface area contributed by atoms with E-state index in [1.54, 1.807) is 0 Å². The molecule has 0 saturated carbocycles. The number of aryl methyl sites for hydroxylation is 1. The second-order valence-corrected chi connectivity index (χ2v) is 6.06. The molecule has 0 bridgehead atoms. The highest BCUT2D eigenvalue weighted by Crippen LogP contribution is 2.33. The van der Waals surface area contributed by atoms with E-state index >= 15 is 0 Å². The van der Waals surface area contributed by atoms with E-state index in [0.717, 1.165) is 17.7 Å². The summed E-state index contributed by atoms with van der Waals surface area (Å²) in [7, 11) is 0. The van der Waals surface area contributed by atoms with E-state index in [4.69, 9.17) is 0 Å².